The highest BCUT2D eigenvalue weighted by molar-refractivity contribution is 7.89. The van der Waals surface area contributed by atoms with Gasteiger partial charge in [0.1, 0.15) is 0 Å². The Bertz CT molecular complexity index is 1010. The highest BCUT2D eigenvalue weighted by Gasteiger charge is 2.25. The van der Waals surface area contributed by atoms with Crippen LogP contribution in [-0.2, 0) is 10.0 Å². The summed E-state index contributed by atoms with van der Waals surface area (Å²) in [5, 5.41) is 8.17. The lowest BCUT2D eigenvalue weighted by molar-refractivity contribution is 0.424. The molecule has 0 saturated carbocycles. The number of nitrogens with zero attached hydrogens (tertiary/aromatic N) is 3. The van der Waals surface area contributed by atoms with Crippen LogP contribution in [0.25, 0.3) is 22.9 Å². The zero-order chi connectivity index (χ0) is 18.7. The molecule has 0 amide bonds. The average molecular weight is 383 g/mol. The van der Waals surface area contributed by atoms with Crippen LogP contribution in [0.2, 0.25) is 0 Å². The topological polar surface area (TPSA) is 76.3 Å². The summed E-state index contributed by atoms with van der Waals surface area (Å²) in [4.78, 5) is 0.265. The summed E-state index contributed by atoms with van der Waals surface area (Å²) < 4.78 is 33.4. The molecular weight excluding hydrogens is 362 g/mol. The van der Waals surface area contributed by atoms with Gasteiger partial charge in [-0.25, -0.2) is 8.42 Å². The Balaban J connectivity index is 1.64. The van der Waals surface area contributed by atoms with E-state index in [9.17, 15) is 8.42 Å². The first-order valence-electron chi connectivity index (χ1n) is 9.14. The predicted molar refractivity (Wildman–Crippen MR) is 102 cm³/mol. The second-order valence-corrected chi connectivity index (χ2v) is 8.56. The van der Waals surface area contributed by atoms with Gasteiger partial charge in [0.2, 0.25) is 21.8 Å². The third-order valence-electron chi connectivity index (χ3n) is 4.73. The predicted octanol–water partition coefficient (Wildman–Crippen LogP) is 3.97. The Labute approximate surface area is 158 Å². The SMILES string of the molecule is O=S(=O)(c1cccc(-c2nnc(-c3ccccc3)o2)c1)N1CCCCCC1. The summed E-state index contributed by atoms with van der Waals surface area (Å²) in [6.45, 7) is 1.15. The van der Waals surface area contributed by atoms with E-state index in [1.807, 2.05) is 30.3 Å². The van der Waals surface area contributed by atoms with Gasteiger partial charge in [-0.05, 0) is 43.2 Å². The molecule has 140 valence electrons. The summed E-state index contributed by atoms with van der Waals surface area (Å²) in [7, 11) is -3.52. The van der Waals surface area contributed by atoms with Crippen LogP contribution in [0.3, 0.4) is 0 Å². The van der Waals surface area contributed by atoms with Gasteiger partial charge in [-0.2, -0.15) is 4.31 Å². The number of benzene rings is 2. The maximum absolute atomic E-state index is 13.0. The van der Waals surface area contributed by atoms with Crippen molar-refractivity contribution < 1.29 is 12.8 Å². The van der Waals surface area contributed by atoms with Crippen molar-refractivity contribution in [2.24, 2.45) is 0 Å². The van der Waals surface area contributed by atoms with Gasteiger partial charge in [0.05, 0.1) is 4.90 Å². The minimum atomic E-state index is -3.52. The van der Waals surface area contributed by atoms with Gasteiger partial charge in [0.25, 0.3) is 0 Å². The van der Waals surface area contributed by atoms with Gasteiger partial charge < -0.3 is 4.42 Å². The monoisotopic (exact) mass is 383 g/mol. The van der Waals surface area contributed by atoms with Gasteiger partial charge in [0, 0.05) is 24.2 Å². The Hall–Kier alpha value is -2.51. The first kappa shape index (κ1) is 17.9. The number of hydrogen-bond acceptors (Lipinski definition) is 5. The van der Waals surface area contributed by atoms with E-state index in [1.165, 1.54) is 0 Å². The first-order valence-corrected chi connectivity index (χ1v) is 10.6. The molecule has 27 heavy (non-hydrogen) atoms. The fourth-order valence-electron chi connectivity index (χ4n) is 3.26. The molecule has 7 heteroatoms. The molecule has 0 N–H and O–H groups in total. The van der Waals surface area contributed by atoms with E-state index in [0.717, 1.165) is 31.2 Å². The molecule has 0 atom stereocenters. The molecule has 0 bridgehead atoms. The van der Waals surface area contributed by atoms with Crippen LogP contribution in [0.1, 0.15) is 25.7 Å². The van der Waals surface area contributed by atoms with Gasteiger partial charge >= 0.3 is 0 Å². The second-order valence-electron chi connectivity index (χ2n) is 6.62. The summed E-state index contributed by atoms with van der Waals surface area (Å²) in [5.74, 6) is 0.716. The van der Waals surface area contributed by atoms with Crippen LogP contribution in [0.15, 0.2) is 63.9 Å². The molecule has 2 aromatic carbocycles. The van der Waals surface area contributed by atoms with Crippen LogP contribution in [0.5, 0.6) is 0 Å². The number of sulfonamides is 1. The molecule has 0 aliphatic carbocycles. The van der Waals surface area contributed by atoms with Crippen molar-refractivity contribution in [3.63, 3.8) is 0 Å². The number of rotatable bonds is 4. The smallest absolute Gasteiger partial charge is 0.248 e. The molecule has 6 nitrogen and oxygen atoms in total. The lowest BCUT2D eigenvalue weighted by Crippen LogP contribution is -2.31. The molecule has 0 spiro atoms. The lowest BCUT2D eigenvalue weighted by Gasteiger charge is -2.20. The van der Waals surface area contributed by atoms with Crippen molar-refractivity contribution in [3.05, 3.63) is 54.6 Å². The molecule has 1 aliphatic heterocycles. The van der Waals surface area contributed by atoms with Gasteiger partial charge in [-0.15, -0.1) is 10.2 Å². The summed E-state index contributed by atoms with van der Waals surface area (Å²) in [6, 6.07) is 16.2. The second kappa shape index (κ2) is 7.62. The van der Waals surface area contributed by atoms with E-state index in [4.69, 9.17) is 4.42 Å². The molecule has 3 aromatic rings. The molecule has 0 unspecified atom stereocenters. The normalized spacial score (nSPS) is 16.1. The third-order valence-corrected chi connectivity index (χ3v) is 6.62. The van der Waals surface area contributed by atoms with Crippen LogP contribution >= 0.6 is 0 Å². The van der Waals surface area contributed by atoms with Crippen molar-refractivity contribution in [2.45, 2.75) is 30.6 Å². The average Bonchev–Trinajstić information content (AvgIpc) is 3.03. The summed E-state index contributed by atoms with van der Waals surface area (Å²) >= 11 is 0. The fourth-order valence-corrected chi connectivity index (χ4v) is 4.82. The zero-order valence-corrected chi connectivity index (χ0v) is 15.7. The van der Waals surface area contributed by atoms with Gasteiger partial charge in [-0.1, -0.05) is 37.1 Å². The molecule has 1 aromatic heterocycles. The van der Waals surface area contributed by atoms with Crippen molar-refractivity contribution in [3.8, 4) is 22.9 Å². The minimum Gasteiger partial charge on any atom is -0.416 e. The van der Waals surface area contributed by atoms with Crippen molar-refractivity contribution in [1.29, 1.82) is 0 Å². The zero-order valence-electron chi connectivity index (χ0n) is 14.9. The summed E-state index contributed by atoms with van der Waals surface area (Å²) in [6.07, 6.45) is 3.97. The van der Waals surface area contributed by atoms with Crippen LogP contribution in [0.4, 0.5) is 0 Å². The molecule has 4 rings (SSSR count). The van der Waals surface area contributed by atoms with Crippen LogP contribution in [0, 0.1) is 0 Å². The molecule has 2 heterocycles. The summed E-state index contributed by atoms with van der Waals surface area (Å²) in [5.41, 5.74) is 1.42. The fraction of sp³-hybridized carbons (Fsp3) is 0.300. The first-order chi connectivity index (χ1) is 13.1. The Morgan fingerprint density at radius 1 is 0.778 bits per heavy atom. The maximum atomic E-state index is 13.0. The Morgan fingerprint density at radius 2 is 1.41 bits per heavy atom. The molecule has 1 saturated heterocycles. The molecule has 1 fully saturated rings. The van der Waals surface area contributed by atoms with Crippen LogP contribution < -0.4 is 0 Å². The van der Waals surface area contributed by atoms with E-state index in [2.05, 4.69) is 10.2 Å². The van der Waals surface area contributed by atoms with Crippen molar-refractivity contribution in [1.82, 2.24) is 14.5 Å². The van der Waals surface area contributed by atoms with E-state index in [0.29, 0.717) is 30.4 Å². The lowest BCUT2D eigenvalue weighted by atomic mass is 10.2. The van der Waals surface area contributed by atoms with E-state index >= 15 is 0 Å². The van der Waals surface area contributed by atoms with Crippen LogP contribution in [-0.4, -0.2) is 36.0 Å². The van der Waals surface area contributed by atoms with Crippen molar-refractivity contribution >= 4 is 10.0 Å². The minimum absolute atomic E-state index is 0.265. The third kappa shape index (κ3) is 3.79. The van der Waals surface area contributed by atoms with Gasteiger partial charge in [-0.3, -0.25) is 0 Å². The largest absolute Gasteiger partial charge is 0.416 e. The van der Waals surface area contributed by atoms with E-state index in [1.54, 1.807) is 28.6 Å². The molecule has 1 aliphatic rings. The maximum Gasteiger partial charge on any atom is 0.248 e. The molecular formula is C20H21N3O3S. The van der Waals surface area contributed by atoms with E-state index in [-0.39, 0.29) is 4.90 Å². The quantitative estimate of drug-likeness (QED) is 0.681. The number of aromatic nitrogens is 2. The standard InChI is InChI=1S/C20H21N3O3S/c24-27(25,23-13-6-1-2-7-14-23)18-12-8-11-17(15-18)20-22-21-19(26-20)16-9-4-3-5-10-16/h3-5,8-12,15H,1-2,6-7,13-14H2. The Kier molecular flexibility index (Phi) is 5.05. The highest BCUT2D eigenvalue weighted by atomic mass is 32.2. The number of hydrogen-bond donors (Lipinski definition) is 0. The Morgan fingerprint density at radius 3 is 2.11 bits per heavy atom. The van der Waals surface area contributed by atoms with Crippen molar-refractivity contribution in [2.75, 3.05) is 13.1 Å². The van der Waals surface area contributed by atoms with Gasteiger partial charge in [0.15, 0.2) is 0 Å². The van der Waals surface area contributed by atoms with E-state index < -0.39 is 10.0 Å². The highest BCUT2D eigenvalue weighted by Crippen LogP contribution is 2.27. The molecule has 0 radical (unpaired) electrons.